The van der Waals surface area contributed by atoms with Crippen LogP contribution in [-0.2, 0) is 0 Å². The second kappa shape index (κ2) is 7.45. The van der Waals surface area contributed by atoms with E-state index < -0.39 is 5.82 Å². The third-order valence-corrected chi connectivity index (χ3v) is 3.83. The Morgan fingerprint density at radius 2 is 2.20 bits per heavy atom. The molecule has 1 saturated carbocycles. The van der Waals surface area contributed by atoms with Gasteiger partial charge in [0.1, 0.15) is 11.5 Å². The summed E-state index contributed by atoms with van der Waals surface area (Å²) in [6.07, 6.45) is 5.79. The maximum Gasteiger partial charge on any atom is 0.182 e. The van der Waals surface area contributed by atoms with E-state index in [0.29, 0.717) is 24.7 Å². The first-order valence-corrected chi connectivity index (χ1v) is 7.20. The molecule has 5 heteroatoms. The lowest BCUT2D eigenvalue weighted by Gasteiger charge is -2.37. The number of aromatic nitrogens is 1. The molecule has 1 N–H and O–H groups in total. The third-order valence-electron chi connectivity index (χ3n) is 3.83. The largest absolute Gasteiger partial charge is 0.396 e. The second-order valence-corrected chi connectivity index (χ2v) is 5.23. The Morgan fingerprint density at radius 3 is 2.75 bits per heavy atom. The Labute approximate surface area is 118 Å². The molecule has 4 nitrogen and oxygen atoms in total. The Kier molecular flexibility index (Phi) is 5.61. The van der Waals surface area contributed by atoms with Crippen LogP contribution in [0.2, 0.25) is 0 Å². The highest BCUT2D eigenvalue weighted by Crippen LogP contribution is 2.25. The molecule has 1 aromatic heterocycles. The van der Waals surface area contributed by atoms with Crippen molar-refractivity contribution in [3.05, 3.63) is 29.8 Å². The van der Waals surface area contributed by atoms with Crippen LogP contribution in [-0.4, -0.2) is 46.5 Å². The van der Waals surface area contributed by atoms with E-state index in [1.807, 2.05) is 0 Å². The summed E-state index contributed by atoms with van der Waals surface area (Å²) in [5, 5.41) is 8.93. The van der Waals surface area contributed by atoms with E-state index in [9.17, 15) is 9.18 Å². The standard InChI is InChI=1S/C15H21FN2O2/c16-12-5-6-14(17-11-12)15(20)7-9-18(8-2-10-19)13-3-1-4-13/h5-6,11,13,19H,1-4,7-10H2. The minimum Gasteiger partial charge on any atom is -0.396 e. The Morgan fingerprint density at radius 1 is 1.40 bits per heavy atom. The fraction of sp³-hybridized carbons (Fsp3) is 0.600. The van der Waals surface area contributed by atoms with Gasteiger partial charge in [0.25, 0.3) is 0 Å². The number of carbonyl (C=O) groups is 1. The molecule has 1 fully saturated rings. The van der Waals surface area contributed by atoms with Crippen LogP contribution in [0.1, 0.15) is 42.6 Å². The van der Waals surface area contributed by atoms with E-state index in [2.05, 4.69) is 9.88 Å². The van der Waals surface area contributed by atoms with Crippen LogP contribution in [0.4, 0.5) is 4.39 Å². The molecule has 1 aliphatic rings. The number of carbonyl (C=O) groups excluding carboxylic acids is 1. The first-order chi connectivity index (χ1) is 9.70. The summed E-state index contributed by atoms with van der Waals surface area (Å²) in [4.78, 5) is 18.1. The van der Waals surface area contributed by atoms with Crippen molar-refractivity contribution < 1.29 is 14.3 Å². The number of aliphatic hydroxyl groups excluding tert-OH is 1. The fourth-order valence-electron chi connectivity index (χ4n) is 2.42. The van der Waals surface area contributed by atoms with Crippen molar-refractivity contribution in [3.8, 4) is 0 Å². The Hall–Kier alpha value is -1.33. The number of rotatable bonds is 8. The molecule has 0 unspecified atom stereocenters. The number of pyridine rings is 1. The molecule has 0 saturated heterocycles. The smallest absolute Gasteiger partial charge is 0.182 e. The predicted molar refractivity (Wildman–Crippen MR) is 74.1 cm³/mol. The molecule has 0 bridgehead atoms. The summed E-state index contributed by atoms with van der Waals surface area (Å²) < 4.78 is 12.8. The van der Waals surface area contributed by atoms with Gasteiger partial charge in [-0.1, -0.05) is 6.42 Å². The van der Waals surface area contributed by atoms with Gasteiger partial charge in [0, 0.05) is 32.2 Å². The molecule has 1 aromatic rings. The number of hydrogen-bond donors (Lipinski definition) is 1. The van der Waals surface area contributed by atoms with Gasteiger partial charge in [-0.05, 0) is 31.4 Å². The monoisotopic (exact) mass is 280 g/mol. The minimum atomic E-state index is -0.430. The summed E-state index contributed by atoms with van der Waals surface area (Å²) in [5.41, 5.74) is 0.321. The number of ketones is 1. The van der Waals surface area contributed by atoms with Gasteiger partial charge in [-0.2, -0.15) is 0 Å². The van der Waals surface area contributed by atoms with Crippen LogP contribution in [0.15, 0.2) is 18.3 Å². The van der Waals surface area contributed by atoms with Crippen molar-refractivity contribution >= 4 is 5.78 Å². The lowest BCUT2D eigenvalue weighted by atomic mass is 9.91. The normalized spacial score (nSPS) is 15.3. The average Bonchev–Trinajstić information content (AvgIpc) is 2.40. The summed E-state index contributed by atoms with van der Waals surface area (Å²) in [7, 11) is 0. The average molecular weight is 280 g/mol. The predicted octanol–water partition coefficient (Wildman–Crippen LogP) is 2.03. The maximum absolute atomic E-state index is 12.8. The lowest BCUT2D eigenvalue weighted by Crippen LogP contribution is -2.42. The van der Waals surface area contributed by atoms with Gasteiger partial charge in [-0.3, -0.25) is 14.7 Å². The Balaban J connectivity index is 1.84. The van der Waals surface area contributed by atoms with Gasteiger partial charge in [-0.25, -0.2) is 4.39 Å². The van der Waals surface area contributed by atoms with Crippen LogP contribution >= 0.6 is 0 Å². The Bertz CT molecular complexity index is 432. The number of hydrogen-bond acceptors (Lipinski definition) is 4. The summed E-state index contributed by atoms with van der Waals surface area (Å²) >= 11 is 0. The highest BCUT2D eigenvalue weighted by atomic mass is 19.1. The van der Waals surface area contributed by atoms with E-state index in [0.717, 1.165) is 19.2 Å². The quantitative estimate of drug-likeness (QED) is 0.740. The lowest BCUT2D eigenvalue weighted by molar-refractivity contribution is 0.0883. The van der Waals surface area contributed by atoms with Gasteiger partial charge in [0.15, 0.2) is 5.78 Å². The van der Waals surface area contributed by atoms with Crippen molar-refractivity contribution in [3.63, 3.8) is 0 Å². The zero-order valence-electron chi connectivity index (χ0n) is 11.6. The van der Waals surface area contributed by atoms with Crippen LogP contribution < -0.4 is 0 Å². The maximum atomic E-state index is 12.8. The van der Waals surface area contributed by atoms with E-state index in [1.165, 1.54) is 31.4 Å². The zero-order chi connectivity index (χ0) is 14.4. The van der Waals surface area contributed by atoms with Crippen molar-refractivity contribution in [1.29, 1.82) is 0 Å². The van der Waals surface area contributed by atoms with E-state index in [1.54, 1.807) is 0 Å². The number of aliphatic hydroxyl groups is 1. The first-order valence-electron chi connectivity index (χ1n) is 7.20. The van der Waals surface area contributed by atoms with Crippen LogP contribution in [0.3, 0.4) is 0 Å². The van der Waals surface area contributed by atoms with Gasteiger partial charge >= 0.3 is 0 Å². The topological polar surface area (TPSA) is 53.4 Å². The molecule has 2 rings (SSSR count). The molecular weight excluding hydrogens is 259 g/mol. The molecule has 1 aliphatic carbocycles. The van der Waals surface area contributed by atoms with Gasteiger partial charge in [0.05, 0.1) is 6.20 Å². The van der Waals surface area contributed by atoms with E-state index in [-0.39, 0.29) is 12.4 Å². The molecular formula is C15H21FN2O2. The van der Waals surface area contributed by atoms with Crippen molar-refractivity contribution in [2.75, 3.05) is 19.7 Å². The van der Waals surface area contributed by atoms with E-state index >= 15 is 0 Å². The minimum absolute atomic E-state index is 0.0571. The highest BCUT2D eigenvalue weighted by molar-refractivity contribution is 5.94. The molecule has 110 valence electrons. The van der Waals surface area contributed by atoms with Crippen molar-refractivity contribution in [2.24, 2.45) is 0 Å². The van der Waals surface area contributed by atoms with Crippen LogP contribution in [0, 0.1) is 5.82 Å². The summed E-state index contributed by atoms with van der Waals surface area (Å²) in [5.74, 6) is -0.487. The number of halogens is 1. The molecule has 0 aromatic carbocycles. The fourth-order valence-corrected chi connectivity index (χ4v) is 2.42. The van der Waals surface area contributed by atoms with Crippen LogP contribution in [0.25, 0.3) is 0 Å². The first kappa shape index (κ1) is 15.1. The zero-order valence-corrected chi connectivity index (χ0v) is 11.6. The molecule has 0 radical (unpaired) electrons. The summed E-state index contributed by atoms with van der Waals surface area (Å²) in [6, 6.07) is 3.24. The van der Waals surface area contributed by atoms with Gasteiger partial charge in [0.2, 0.25) is 0 Å². The molecule has 20 heavy (non-hydrogen) atoms. The molecule has 1 heterocycles. The van der Waals surface area contributed by atoms with Gasteiger partial charge in [-0.15, -0.1) is 0 Å². The number of Topliss-reactive ketones (excluding diaryl/α,β-unsaturated/α-hetero) is 1. The highest BCUT2D eigenvalue weighted by Gasteiger charge is 2.24. The SMILES string of the molecule is O=C(CCN(CCCO)C1CCC1)c1ccc(F)cn1. The summed E-state index contributed by atoms with van der Waals surface area (Å²) in [6.45, 7) is 1.69. The van der Waals surface area contributed by atoms with Crippen LogP contribution in [0.5, 0.6) is 0 Å². The van der Waals surface area contributed by atoms with Crippen molar-refractivity contribution in [2.45, 2.75) is 38.1 Å². The van der Waals surface area contributed by atoms with E-state index in [4.69, 9.17) is 5.11 Å². The van der Waals surface area contributed by atoms with Gasteiger partial charge < -0.3 is 5.11 Å². The third kappa shape index (κ3) is 4.08. The second-order valence-electron chi connectivity index (χ2n) is 5.23. The molecule has 0 spiro atoms. The number of nitrogens with zero attached hydrogens (tertiary/aromatic N) is 2. The molecule has 0 amide bonds. The molecule has 0 atom stereocenters. The molecule has 0 aliphatic heterocycles. The van der Waals surface area contributed by atoms with Crippen molar-refractivity contribution in [1.82, 2.24) is 9.88 Å².